The molecule has 0 saturated carbocycles. The molecule has 0 spiro atoms. The number of hydrogen-bond acceptors (Lipinski definition) is 3. The van der Waals surface area contributed by atoms with E-state index in [0.29, 0.717) is 6.54 Å². The van der Waals surface area contributed by atoms with Crippen molar-refractivity contribution < 1.29 is 19.1 Å². The number of hydrogen-bond donors (Lipinski definition) is 2. The molecule has 1 heterocycles. The molecule has 0 aliphatic heterocycles. The van der Waals surface area contributed by atoms with E-state index >= 15 is 0 Å². The molecule has 0 saturated heterocycles. The minimum Gasteiger partial charge on any atom is -0.481 e. The van der Waals surface area contributed by atoms with Crippen molar-refractivity contribution in [3.8, 4) is 0 Å². The maximum absolute atomic E-state index is 12.1. The van der Waals surface area contributed by atoms with Crippen molar-refractivity contribution in [1.29, 1.82) is 0 Å². The molecular weight excluding hydrogens is 248 g/mol. The van der Waals surface area contributed by atoms with Crippen molar-refractivity contribution in [2.75, 3.05) is 6.54 Å². The molecule has 0 bridgehead atoms. The van der Waals surface area contributed by atoms with E-state index in [2.05, 4.69) is 5.32 Å². The number of carboxylic acids is 1. The Kier molecular flexibility index (Phi) is 4.97. The van der Waals surface area contributed by atoms with Crippen LogP contribution in [0.3, 0.4) is 0 Å². The third-order valence-corrected chi connectivity index (χ3v) is 2.63. The number of carboxylic acid groups (broad SMARTS) is 1. The van der Waals surface area contributed by atoms with Gasteiger partial charge in [0.05, 0.1) is 18.9 Å². The topological polar surface area (TPSA) is 82.8 Å². The van der Waals surface area contributed by atoms with Crippen LogP contribution in [0.5, 0.6) is 0 Å². The molecule has 0 aromatic carbocycles. The van der Waals surface area contributed by atoms with Gasteiger partial charge >= 0.3 is 12.0 Å². The van der Waals surface area contributed by atoms with Gasteiger partial charge in [-0.2, -0.15) is 0 Å². The van der Waals surface area contributed by atoms with Crippen LogP contribution in [0.4, 0.5) is 4.79 Å². The predicted molar refractivity (Wildman–Crippen MR) is 69.7 cm³/mol. The van der Waals surface area contributed by atoms with E-state index in [0.717, 1.165) is 5.56 Å². The zero-order valence-corrected chi connectivity index (χ0v) is 11.5. The lowest BCUT2D eigenvalue weighted by molar-refractivity contribution is -0.137. The molecule has 0 aliphatic rings. The summed E-state index contributed by atoms with van der Waals surface area (Å²) in [5.74, 6) is -0.920. The number of aliphatic carboxylic acids is 1. The summed E-state index contributed by atoms with van der Waals surface area (Å²) in [7, 11) is 0. The number of carbonyl (C=O) groups is 2. The van der Waals surface area contributed by atoms with Gasteiger partial charge in [-0.1, -0.05) is 0 Å². The third-order valence-electron chi connectivity index (χ3n) is 2.63. The van der Waals surface area contributed by atoms with Crippen LogP contribution in [0.2, 0.25) is 0 Å². The van der Waals surface area contributed by atoms with Crippen molar-refractivity contribution in [2.45, 2.75) is 39.3 Å². The van der Waals surface area contributed by atoms with Gasteiger partial charge in [0, 0.05) is 24.2 Å². The number of furan rings is 1. The average molecular weight is 268 g/mol. The largest absolute Gasteiger partial charge is 0.481 e. The first-order valence-corrected chi connectivity index (χ1v) is 6.09. The molecule has 0 fully saturated rings. The minimum atomic E-state index is -0.920. The normalized spacial score (nSPS) is 11.1. The fraction of sp³-hybridized carbons (Fsp3) is 0.538. The number of nitrogens with one attached hydrogen (secondary N) is 1. The van der Waals surface area contributed by atoms with E-state index in [1.165, 1.54) is 11.2 Å². The van der Waals surface area contributed by atoms with Crippen molar-refractivity contribution in [3.05, 3.63) is 24.2 Å². The van der Waals surface area contributed by atoms with E-state index < -0.39 is 11.5 Å². The second-order valence-corrected chi connectivity index (χ2v) is 5.26. The van der Waals surface area contributed by atoms with E-state index in [1.54, 1.807) is 12.3 Å². The molecule has 0 radical (unpaired) electrons. The Bertz CT molecular complexity index is 420. The number of amides is 2. The first kappa shape index (κ1) is 15.1. The molecular formula is C13H20N2O4. The van der Waals surface area contributed by atoms with Crippen LogP contribution in [0.25, 0.3) is 0 Å². The quantitative estimate of drug-likeness (QED) is 0.856. The molecule has 19 heavy (non-hydrogen) atoms. The molecule has 2 N–H and O–H groups in total. The first-order chi connectivity index (χ1) is 8.80. The summed E-state index contributed by atoms with van der Waals surface area (Å²) in [5.41, 5.74) is 0.427. The molecule has 2 amide bonds. The smallest absolute Gasteiger partial charge is 0.318 e. The summed E-state index contributed by atoms with van der Waals surface area (Å²) in [5, 5.41) is 11.5. The summed E-state index contributed by atoms with van der Waals surface area (Å²) < 4.78 is 4.91. The van der Waals surface area contributed by atoms with Crippen LogP contribution in [0, 0.1) is 0 Å². The molecule has 0 unspecified atom stereocenters. The van der Waals surface area contributed by atoms with Crippen LogP contribution in [-0.4, -0.2) is 34.1 Å². The highest BCUT2D eigenvalue weighted by molar-refractivity contribution is 5.76. The van der Waals surface area contributed by atoms with Crippen molar-refractivity contribution in [2.24, 2.45) is 0 Å². The minimum absolute atomic E-state index is 0.0730. The fourth-order valence-corrected chi connectivity index (χ4v) is 1.62. The van der Waals surface area contributed by atoms with Gasteiger partial charge in [-0.3, -0.25) is 4.79 Å². The van der Waals surface area contributed by atoms with Crippen LogP contribution in [0.1, 0.15) is 32.8 Å². The van der Waals surface area contributed by atoms with E-state index in [9.17, 15) is 9.59 Å². The summed E-state index contributed by atoms with van der Waals surface area (Å²) in [4.78, 5) is 24.2. The van der Waals surface area contributed by atoms with Gasteiger partial charge in [0.25, 0.3) is 0 Å². The molecule has 1 aromatic rings. The number of carbonyl (C=O) groups excluding carboxylic acids is 1. The Morgan fingerprint density at radius 2 is 2.11 bits per heavy atom. The van der Waals surface area contributed by atoms with E-state index in [1.807, 2.05) is 20.8 Å². The zero-order valence-electron chi connectivity index (χ0n) is 11.5. The predicted octanol–water partition coefficient (Wildman–Crippen LogP) is 2.06. The fourth-order valence-electron chi connectivity index (χ4n) is 1.62. The lowest BCUT2D eigenvalue weighted by Crippen LogP contribution is -2.50. The average Bonchev–Trinajstić information content (AvgIpc) is 2.76. The number of urea groups is 1. The highest BCUT2D eigenvalue weighted by Gasteiger charge is 2.26. The molecule has 1 rings (SSSR count). The first-order valence-electron chi connectivity index (χ1n) is 6.09. The summed E-state index contributed by atoms with van der Waals surface area (Å²) in [6.45, 7) is 6.13. The Morgan fingerprint density at radius 1 is 1.42 bits per heavy atom. The van der Waals surface area contributed by atoms with Gasteiger partial charge in [0.2, 0.25) is 0 Å². The maximum atomic E-state index is 12.1. The van der Waals surface area contributed by atoms with Crippen molar-refractivity contribution >= 4 is 12.0 Å². The van der Waals surface area contributed by atoms with Crippen LogP contribution in [0.15, 0.2) is 23.0 Å². The maximum Gasteiger partial charge on any atom is 0.318 e. The van der Waals surface area contributed by atoms with Gasteiger partial charge in [-0.25, -0.2) is 4.79 Å². The van der Waals surface area contributed by atoms with Gasteiger partial charge in [0.15, 0.2) is 0 Å². The Hall–Kier alpha value is -1.98. The lowest BCUT2D eigenvalue weighted by atomic mass is 10.1. The SMILES string of the molecule is CC(C)(C)N(CCC(=O)O)C(=O)NCc1ccoc1. The monoisotopic (exact) mass is 268 g/mol. The lowest BCUT2D eigenvalue weighted by Gasteiger charge is -2.35. The molecule has 0 aliphatic carbocycles. The standard InChI is InChI=1S/C13H20N2O4/c1-13(2,3)15(6-4-11(16)17)12(18)14-8-10-5-7-19-9-10/h5,7,9H,4,6,8H2,1-3H3,(H,14,18)(H,16,17). The molecule has 106 valence electrons. The van der Waals surface area contributed by atoms with Gasteiger partial charge < -0.3 is 19.7 Å². The van der Waals surface area contributed by atoms with E-state index in [4.69, 9.17) is 9.52 Å². The Balaban J connectivity index is 2.58. The zero-order chi connectivity index (χ0) is 14.5. The number of nitrogens with zero attached hydrogens (tertiary/aromatic N) is 1. The summed E-state index contributed by atoms with van der Waals surface area (Å²) >= 11 is 0. The van der Waals surface area contributed by atoms with Crippen LogP contribution in [-0.2, 0) is 11.3 Å². The van der Waals surface area contributed by atoms with Crippen molar-refractivity contribution in [3.63, 3.8) is 0 Å². The van der Waals surface area contributed by atoms with Crippen molar-refractivity contribution in [1.82, 2.24) is 10.2 Å². The summed E-state index contributed by atoms with van der Waals surface area (Å²) in [6.07, 6.45) is 3.02. The van der Waals surface area contributed by atoms with Gasteiger partial charge in [-0.15, -0.1) is 0 Å². The molecule has 0 atom stereocenters. The highest BCUT2D eigenvalue weighted by Crippen LogP contribution is 2.14. The van der Waals surface area contributed by atoms with Gasteiger partial charge in [0.1, 0.15) is 0 Å². The molecule has 6 heteroatoms. The second-order valence-electron chi connectivity index (χ2n) is 5.26. The summed E-state index contributed by atoms with van der Waals surface area (Å²) in [6, 6.07) is 1.48. The third kappa shape index (κ3) is 5.03. The van der Waals surface area contributed by atoms with E-state index in [-0.39, 0.29) is 19.0 Å². The Morgan fingerprint density at radius 3 is 2.58 bits per heavy atom. The Labute approximate surface area is 112 Å². The molecule has 6 nitrogen and oxygen atoms in total. The molecule has 1 aromatic heterocycles. The number of rotatable bonds is 5. The second kappa shape index (κ2) is 6.26. The van der Waals surface area contributed by atoms with Gasteiger partial charge in [-0.05, 0) is 26.8 Å². The van der Waals surface area contributed by atoms with Crippen LogP contribution < -0.4 is 5.32 Å². The van der Waals surface area contributed by atoms with Crippen LogP contribution >= 0.6 is 0 Å². The highest BCUT2D eigenvalue weighted by atomic mass is 16.4.